The van der Waals surface area contributed by atoms with E-state index in [9.17, 15) is 0 Å². The third-order valence-electron chi connectivity index (χ3n) is 2.23. The molecule has 0 aliphatic heterocycles. The van der Waals surface area contributed by atoms with Crippen LogP contribution in [0.3, 0.4) is 0 Å². The third kappa shape index (κ3) is 5.02. The van der Waals surface area contributed by atoms with Crippen LogP contribution < -0.4 is 64.4 Å². The summed E-state index contributed by atoms with van der Waals surface area (Å²) in [6.45, 7) is 0. The minimum Gasteiger partial charge on any atom is -1.45 e. The van der Waals surface area contributed by atoms with Gasteiger partial charge in [-0.3, -0.25) is 0 Å². The van der Waals surface area contributed by atoms with E-state index in [-0.39, 0.29) is 59.1 Å². The Hall–Kier alpha value is 0.870. The Morgan fingerprint density at radius 1 is 0.750 bits per heavy atom. The van der Waals surface area contributed by atoms with Crippen LogP contribution in [0.4, 0.5) is 0 Å². The molecule has 2 aromatic rings. The summed E-state index contributed by atoms with van der Waals surface area (Å²) in [6, 6.07) is 18.7. The molecule has 0 bridgehead atoms. The quantitative estimate of drug-likeness (QED) is 0.399. The summed E-state index contributed by atoms with van der Waals surface area (Å²) in [6.07, 6.45) is 0.959. The number of hydrogen-bond donors (Lipinski definition) is 0. The molecule has 70 valence electrons. The fraction of sp³-hybridized carbons (Fsp3) is 0.0769. The van der Waals surface area contributed by atoms with Crippen molar-refractivity contribution in [2.75, 3.05) is 0 Å². The van der Waals surface area contributed by atoms with Gasteiger partial charge < -0.3 is 14.5 Å². The predicted molar refractivity (Wildman–Crippen MR) is 62.2 cm³/mol. The van der Waals surface area contributed by atoms with Gasteiger partial charge in [0, 0.05) is 0 Å². The van der Waals surface area contributed by atoms with Crippen molar-refractivity contribution in [1.29, 1.82) is 0 Å². The van der Waals surface area contributed by atoms with Crippen LogP contribution in [0.5, 0.6) is 0 Å². The first kappa shape index (κ1) is 16.9. The molecule has 0 saturated heterocycles. The van der Waals surface area contributed by atoms with Gasteiger partial charge in [-0.25, -0.2) is 0 Å². The Morgan fingerprint density at radius 3 is 1.94 bits per heavy atom. The number of rotatable bonds is 2. The van der Waals surface area contributed by atoms with Gasteiger partial charge in [-0.1, -0.05) is 48.5 Å². The standard InChI is InChI=1S/C13H11P.2Na/c14-13-9-5-4-8-12(13)10-11-6-2-1-3-7-11;;/h1-9H,10H2;;/q-2;2*+1. The van der Waals surface area contributed by atoms with E-state index in [0.29, 0.717) is 0 Å². The van der Waals surface area contributed by atoms with Gasteiger partial charge in [0.1, 0.15) is 0 Å². The van der Waals surface area contributed by atoms with Gasteiger partial charge in [-0.05, 0) is 12.0 Å². The molecule has 0 aliphatic carbocycles. The zero-order chi connectivity index (χ0) is 9.80. The maximum atomic E-state index is 4.43. The number of hydrogen-bond acceptors (Lipinski definition) is 0. The summed E-state index contributed by atoms with van der Waals surface area (Å²) < 4.78 is 0. The average Bonchev–Trinajstić information content (AvgIpc) is 2.23. The van der Waals surface area contributed by atoms with Crippen molar-refractivity contribution in [1.82, 2.24) is 0 Å². The van der Waals surface area contributed by atoms with Crippen molar-refractivity contribution in [2.24, 2.45) is 0 Å². The van der Waals surface area contributed by atoms with Crippen molar-refractivity contribution in [2.45, 2.75) is 6.42 Å². The molecule has 0 aliphatic rings. The molecule has 0 aromatic heterocycles. The van der Waals surface area contributed by atoms with E-state index in [4.69, 9.17) is 0 Å². The molecule has 0 spiro atoms. The smallest absolute Gasteiger partial charge is 1.00 e. The third-order valence-corrected chi connectivity index (χ3v) is 2.67. The van der Waals surface area contributed by atoms with Gasteiger partial charge in [-0.2, -0.15) is 0 Å². The zero-order valence-corrected chi connectivity index (χ0v) is 14.7. The Kier molecular flexibility index (Phi) is 9.37. The van der Waals surface area contributed by atoms with Crippen LogP contribution >= 0.6 is 9.24 Å². The van der Waals surface area contributed by atoms with Gasteiger partial charge in [0.25, 0.3) is 0 Å². The first-order valence-electron chi connectivity index (χ1n) is 4.67. The molecule has 0 unspecified atom stereocenters. The van der Waals surface area contributed by atoms with Gasteiger partial charge >= 0.3 is 59.1 Å². The summed E-state index contributed by atoms with van der Waals surface area (Å²) in [5.41, 5.74) is 2.61. The molecule has 0 N–H and O–H groups in total. The Bertz CT molecular complexity index is 415. The summed E-state index contributed by atoms with van der Waals surface area (Å²) >= 11 is 0. The molecule has 3 heteroatoms. The fourth-order valence-corrected chi connectivity index (χ4v) is 1.72. The second-order valence-electron chi connectivity index (χ2n) is 3.29. The maximum absolute atomic E-state index is 4.43. The second kappa shape index (κ2) is 8.89. The first-order valence-corrected chi connectivity index (χ1v) is 5.12. The molecule has 0 amide bonds. The summed E-state index contributed by atoms with van der Waals surface area (Å²) in [7, 11) is 4.43. The molecule has 2 rings (SSSR count). The number of benzene rings is 2. The summed E-state index contributed by atoms with van der Waals surface area (Å²) in [5, 5.41) is 1.07. The first-order chi connectivity index (χ1) is 6.86. The van der Waals surface area contributed by atoms with E-state index in [1.54, 1.807) is 0 Å². The molecular formula is C13H11Na2P. The zero-order valence-electron chi connectivity index (χ0n) is 9.85. The Morgan fingerprint density at radius 2 is 1.31 bits per heavy atom. The predicted octanol–water partition coefficient (Wildman–Crippen LogP) is -2.68. The maximum Gasteiger partial charge on any atom is 1.00 e. The monoisotopic (exact) mass is 244 g/mol. The average molecular weight is 244 g/mol. The molecule has 0 saturated carbocycles. The van der Waals surface area contributed by atoms with Crippen LogP contribution in [0.15, 0.2) is 54.6 Å². The van der Waals surface area contributed by atoms with Gasteiger partial charge in [0.05, 0.1) is 0 Å². The van der Waals surface area contributed by atoms with Crippen molar-refractivity contribution in [3.05, 3.63) is 65.7 Å². The van der Waals surface area contributed by atoms with Crippen LogP contribution in [0, 0.1) is 0 Å². The van der Waals surface area contributed by atoms with E-state index in [1.165, 1.54) is 11.1 Å². The molecule has 0 fully saturated rings. The van der Waals surface area contributed by atoms with Gasteiger partial charge in [0.15, 0.2) is 0 Å². The fourth-order valence-electron chi connectivity index (χ4n) is 1.48. The van der Waals surface area contributed by atoms with E-state index >= 15 is 0 Å². The molecule has 0 heterocycles. The molecule has 0 radical (unpaired) electrons. The van der Waals surface area contributed by atoms with Crippen LogP contribution in [0.1, 0.15) is 11.1 Å². The van der Waals surface area contributed by atoms with Crippen LogP contribution in [-0.4, -0.2) is 0 Å². The van der Waals surface area contributed by atoms with Crippen molar-refractivity contribution >= 4 is 14.5 Å². The van der Waals surface area contributed by atoms with Crippen LogP contribution in [-0.2, 0) is 6.42 Å². The van der Waals surface area contributed by atoms with E-state index < -0.39 is 0 Å². The van der Waals surface area contributed by atoms with Crippen molar-refractivity contribution in [3.8, 4) is 0 Å². The van der Waals surface area contributed by atoms with Crippen LogP contribution in [0.25, 0.3) is 0 Å². The van der Waals surface area contributed by atoms with E-state index in [1.807, 2.05) is 18.2 Å². The molecule has 2 aromatic carbocycles. The van der Waals surface area contributed by atoms with Crippen molar-refractivity contribution < 1.29 is 59.1 Å². The topological polar surface area (TPSA) is 0 Å². The summed E-state index contributed by atoms with van der Waals surface area (Å²) in [4.78, 5) is 0. The van der Waals surface area contributed by atoms with E-state index in [0.717, 1.165) is 11.7 Å². The van der Waals surface area contributed by atoms with Gasteiger partial charge in [-0.15, -0.1) is 11.6 Å². The van der Waals surface area contributed by atoms with E-state index in [2.05, 4.69) is 45.6 Å². The van der Waals surface area contributed by atoms with Gasteiger partial charge in [0.2, 0.25) is 0 Å². The summed E-state index contributed by atoms with van der Waals surface area (Å²) in [5.74, 6) is 0. The normalized spacial score (nSPS) is 8.81. The largest absolute Gasteiger partial charge is 1.45 e. The SMILES string of the molecule is [Na+].[Na+].[P-2]c1ccccc1Cc1ccccc1. The molecule has 0 atom stereocenters. The molecular weight excluding hydrogens is 233 g/mol. The Balaban J connectivity index is 0.00000112. The van der Waals surface area contributed by atoms with Crippen LogP contribution in [0.2, 0.25) is 0 Å². The molecule has 0 nitrogen and oxygen atoms in total. The minimum atomic E-state index is 0. The Labute approximate surface area is 144 Å². The van der Waals surface area contributed by atoms with Crippen molar-refractivity contribution in [3.63, 3.8) is 0 Å². The minimum absolute atomic E-state index is 0. The second-order valence-corrected chi connectivity index (χ2v) is 3.77. The molecule has 16 heavy (non-hydrogen) atoms.